The van der Waals surface area contributed by atoms with Crippen molar-refractivity contribution in [2.24, 2.45) is 0 Å². The van der Waals surface area contributed by atoms with E-state index in [1.54, 1.807) is 6.07 Å². The van der Waals surface area contributed by atoms with Crippen molar-refractivity contribution in [2.75, 3.05) is 0 Å². The maximum Gasteiger partial charge on any atom is 0.120 e. The smallest absolute Gasteiger partial charge is 0.120 e. The maximum absolute atomic E-state index is 9.73. The van der Waals surface area contributed by atoms with Gasteiger partial charge in [0, 0.05) is 36.4 Å². The van der Waals surface area contributed by atoms with Gasteiger partial charge in [-0.3, -0.25) is 4.98 Å². The van der Waals surface area contributed by atoms with Crippen molar-refractivity contribution in [3.63, 3.8) is 0 Å². The highest BCUT2D eigenvalue weighted by Gasteiger charge is 2.02. The van der Waals surface area contributed by atoms with Gasteiger partial charge < -0.3 is 10.4 Å². The van der Waals surface area contributed by atoms with Gasteiger partial charge in [-0.2, -0.15) is 0 Å². The lowest BCUT2D eigenvalue weighted by atomic mass is 10.1. The summed E-state index contributed by atoms with van der Waals surface area (Å²) in [4.78, 5) is 4.27. The van der Waals surface area contributed by atoms with Crippen LogP contribution >= 0.6 is 0 Å². The molecule has 0 aliphatic carbocycles. The van der Waals surface area contributed by atoms with E-state index in [9.17, 15) is 5.11 Å². The highest BCUT2D eigenvalue weighted by atomic mass is 16.3. The topological polar surface area (TPSA) is 45.1 Å². The number of phenolic OH excluding ortho intramolecular Hbond substituents is 1. The lowest BCUT2D eigenvalue weighted by Crippen LogP contribution is -2.13. The molecule has 20 heavy (non-hydrogen) atoms. The summed E-state index contributed by atoms with van der Waals surface area (Å²) in [7, 11) is 0. The van der Waals surface area contributed by atoms with E-state index < -0.39 is 0 Å². The van der Waals surface area contributed by atoms with E-state index in [1.165, 1.54) is 10.9 Å². The fraction of sp³-hybridized carbons (Fsp3) is 0.118. The monoisotopic (exact) mass is 264 g/mol. The van der Waals surface area contributed by atoms with Crippen LogP contribution in [0.3, 0.4) is 0 Å². The number of rotatable bonds is 4. The van der Waals surface area contributed by atoms with Crippen molar-refractivity contribution in [2.45, 2.75) is 13.1 Å². The van der Waals surface area contributed by atoms with Crippen molar-refractivity contribution >= 4 is 10.8 Å². The molecule has 3 heteroatoms. The summed E-state index contributed by atoms with van der Waals surface area (Å²) in [6, 6.07) is 15.6. The second kappa shape index (κ2) is 5.72. The molecule has 2 aromatic carbocycles. The molecule has 0 unspecified atom stereocenters. The van der Waals surface area contributed by atoms with E-state index in [0.29, 0.717) is 12.3 Å². The van der Waals surface area contributed by atoms with Crippen LogP contribution in [0.4, 0.5) is 0 Å². The van der Waals surface area contributed by atoms with Crippen LogP contribution in [0.1, 0.15) is 11.1 Å². The normalized spacial score (nSPS) is 10.8. The summed E-state index contributed by atoms with van der Waals surface area (Å²) < 4.78 is 0. The molecule has 3 nitrogen and oxygen atoms in total. The molecular weight excluding hydrogens is 248 g/mol. The fourth-order valence-electron chi connectivity index (χ4n) is 2.31. The Kier molecular flexibility index (Phi) is 3.61. The molecule has 0 aliphatic rings. The summed E-state index contributed by atoms with van der Waals surface area (Å²) in [5, 5.41) is 15.4. The number of nitrogens with one attached hydrogen (secondary N) is 1. The predicted octanol–water partition coefficient (Wildman–Crippen LogP) is 3.23. The van der Waals surface area contributed by atoms with Crippen LogP contribution < -0.4 is 5.32 Å². The summed E-state index contributed by atoms with van der Waals surface area (Å²) in [5.41, 5.74) is 2.07. The standard InChI is InChI=1S/C17H16N2O/c20-17-8-4-2-6-14(17)10-19-12-15-11-18-9-13-5-1-3-7-16(13)15/h1-9,11,19-20H,10,12H2. The molecule has 0 bridgehead atoms. The Hall–Kier alpha value is -2.39. The highest BCUT2D eigenvalue weighted by molar-refractivity contribution is 5.84. The molecule has 100 valence electrons. The van der Waals surface area contributed by atoms with Crippen LogP contribution in [0, 0.1) is 0 Å². The lowest BCUT2D eigenvalue weighted by Gasteiger charge is -2.08. The Morgan fingerprint density at radius 2 is 1.60 bits per heavy atom. The van der Waals surface area contributed by atoms with Crippen molar-refractivity contribution in [3.8, 4) is 5.75 Å². The van der Waals surface area contributed by atoms with Crippen molar-refractivity contribution < 1.29 is 5.11 Å². The van der Waals surface area contributed by atoms with E-state index in [1.807, 2.05) is 42.7 Å². The maximum atomic E-state index is 9.73. The van der Waals surface area contributed by atoms with Gasteiger partial charge in [0.15, 0.2) is 0 Å². The largest absolute Gasteiger partial charge is 0.508 e. The third-order valence-corrected chi connectivity index (χ3v) is 3.37. The number of para-hydroxylation sites is 1. The number of hydrogen-bond acceptors (Lipinski definition) is 3. The molecule has 0 saturated heterocycles. The van der Waals surface area contributed by atoms with Gasteiger partial charge in [-0.25, -0.2) is 0 Å². The average molecular weight is 264 g/mol. The third-order valence-electron chi connectivity index (χ3n) is 3.37. The number of aromatic nitrogens is 1. The minimum Gasteiger partial charge on any atom is -0.508 e. The number of pyridine rings is 1. The van der Waals surface area contributed by atoms with Gasteiger partial charge in [0.25, 0.3) is 0 Å². The molecule has 0 fully saturated rings. The summed E-state index contributed by atoms with van der Waals surface area (Å²) in [5.74, 6) is 0.330. The van der Waals surface area contributed by atoms with Gasteiger partial charge in [-0.05, 0) is 17.0 Å². The SMILES string of the molecule is Oc1ccccc1CNCc1cncc2ccccc12. The first-order chi connectivity index (χ1) is 9.84. The molecule has 3 aromatic rings. The van der Waals surface area contributed by atoms with Crippen LogP contribution in [0.15, 0.2) is 60.9 Å². The summed E-state index contributed by atoms with van der Waals surface area (Å²) >= 11 is 0. The van der Waals surface area contributed by atoms with Crippen LogP contribution in [-0.4, -0.2) is 10.1 Å². The second-order valence-corrected chi connectivity index (χ2v) is 4.75. The summed E-state index contributed by atoms with van der Waals surface area (Å²) in [6.45, 7) is 1.36. The zero-order valence-corrected chi connectivity index (χ0v) is 11.1. The third kappa shape index (κ3) is 2.63. The van der Waals surface area contributed by atoms with Gasteiger partial charge in [0.05, 0.1) is 0 Å². The number of phenols is 1. The molecule has 2 N–H and O–H groups in total. The van der Waals surface area contributed by atoms with Gasteiger partial charge >= 0.3 is 0 Å². The van der Waals surface area contributed by atoms with Crippen molar-refractivity contribution in [1.29, 1.82) is 0 Å². The quantitative estimate of drug-likeness (QED) is 0.760. The minimum absolute atomic E-state index is 0.330. The number of hydrogen-bond donors (Lipinski definition) is 2. The molecule has 1 heterocycles. The minimum atomic E-state index is 0.330. The van der Waals surface area contributed by atoms with Crippen LogP contribution in [0.25, 0.3) is 10.8 Å². The van der Waals surface area contributed by atoms with Crippen LogP contribution in [-0.2, 0) is 13.1 Å². The van der Waals surface area contributed by atoms with E-state index in [4.69, 9.17) is 0 Å². The zero-order chi connectivity index (χ0) is 13.8. The summed E-state index contributed by atoms with van der Waals surface area (Å²) in [6.07, 6.45) is 3.77. The Bertz CT molecular complexity index is 720. The fourth-order valence-corrected chi connectivity index (χ4v) is 2.31. The zero-order valence-electron chi connectivity index (χ0n) is 11.1. The average Bonchev–Trinajstić information content (AvgIpc) is 2.49. The molecule has 1 aromatic heterocycles. The molecular formula is C17H16N2O. The predicted molar refractivity (Wildman–Crippen MR) is 80.4 cm³/mol. The molecule has 0 amide bonds. The van der Waals surface area contributed by atoms with E-state index in [-0.39, 0.29) is 0 Å². The molecule has 0 saturated carbocycles. The Morgan fingerprint density at radius 3 is 2.50 bits per heavy atom. The van der Waals surface area contributed by atoms with Crippen molar-refractivity contribution in [1.82, 2.24) is 10.3 Å². The molecule has 3 rings (SSSR count). The first-order valence-corrected chi connectivity index (χ1v) is 6.64. The van der Waals surface area contributed by atoms with Crippen LogP contribution in [0.5, 0.6) is 5.75 Å². The molecule has 0 atom stereocenters. The number of benzene rings is 2. The Morgan fingerprint density at radius 1 is 0.850 bits per heavy atom. The van der Waals surface area contributed by atoms with E-state index >= 15 is 0 Å². The molecule has 0 radical (unpaired) electrons. The van der Waals surface area contributed by atoms with Gasteiger partial charge in [0.2, 0.25) is 0 Å². The number of nitrogens with zero attached hydrogens (tertiary/aromatic N) is 1. The first kappa shape index (κ1) is 12.6. The van der Waals surface area contributed by atoms with E-state index in [0.717, 1.165) is 17.5 Å². The van der Waals surface area contributed by atoms with Gasteiger partial charge in [-0.1, -0.05) is 42.5 Å². The molecule has 0 spiro atoms. The Balaban J connectivity index is 1.73. The number of aromatic hydroxyl groups is 1. The van der Waals surface area contributed by atoms with Gasteiger partial charge in [0.1, 0.15) is 5.75 Å². The molecule has 0 aliphatic heterocycles. The van der Waals surface area contributed by atoms with Crippen LogP contribution in [0.2, 0.25) is 0 Å². The Labute approximate surface area is 117 Å². The van der Waals surface area contributed by atoms with Crippen molar-refractivity contribution in [3.05, 3.63) is 72.1 Å². The second-order valence-electron chi connectivity index (χ2n) is 4.75. The number of fused-ring (bicyclic) bond motifs is 1. The first-order valence-electron chi connectivity index (χ1n) is 6.64. The highest BCUT2D eigenvalue weighted by Crippen LogP contribution is 2.18. The van der Waals surface area contributed by atoms with E-state index in [2.05, 4.69) is 22.4 Å². The van der Waals surface area contributed by atoms with Gasteiger partial charge in [-0.15, -0.1) is 0 Å². The lowest BCUT2D eigenvalue weighted by molar-refractivity contribution is 0.464.